The molecule has 0 radical (unpaired) electrons. The second kappa shape index (κ2) is 8.76. The molecule has 4 rings (SSSR count). The van der Waals surface area contributed by atoms with Gasteiger partial charge >= 0.3 is 0 Å². The van der Waals surface area contributed by atoms with E-state index in [4.69, 9.17) is 9.47 Å². The lowest BCUT2D eigenvalue weighted by molar-refractivity contribution is 0.413. The van der Waals surface area contributed by atoms with Gasteiger partial charge in [0.2, 0.25) is 0 Å². The van der Waals surface area contributed by atoms with E-state index in [1.165, 1.54) is 12.8 Å². The molecule has 5 nitrogen and oxygen atoms in total. The highest BCUT2D eigenvalue weighted by Gasteiger charge is 2.15. The first-order valence-electron chi connectivity index (χ1n) is 9.65. The Hall–Kier alpha value is -3.05. The lowest BCUT2D eigenvalue weighted by atomic mass is 10.1. The van der Waals surface area contributed by atoms with Crippen LogP contribution in [0.15, 0.2) is 67.0 Å². The Kier molecular flexibility index (Phi) is 5.73. The molecule has 2 heterocycles. The Morgan fingerprint density at radius 3 is 2.64 bits per heavy atom. The molecule has 1 aliphatic rings. The number of nitrogens with zero attached hydrogens (tertiary/aromatic N) is 1. The number of ether oxygens (including phenoxy) is 2. The third-order valence-electron chi connectivity index (χ3n) is 4.97. The molecule has 1 fully saturated rings. The highest BCUT2D eigenvalue weighted by Crippen LogP contribution is 2.34. The maximum atomic E-state index is 6.23. The predicted molar refractivity (Wildman–Crippen MR) is 112 cm³/mol. The fraction of sp³-hybridized carbons (Fsp3) is 0.261. The van der Waals surface area contributed by atoms with Gasteiger partial charge in [-0.15, -0.1) is 0 Å². The molecule has 1 aliphatic heterocycles. The molecule has 0 bridgehead atoms. The van der Waals surface area contributed by atoms with E-state index in [0.29, 0.717) is 6.04 Å². The van der Waals surface area contributed by atoms with E-state index in [2.05, 4.69) is 39.9 Å². The van der Waals surface area contributed by atoms with Gasteiger partial charge in [0.05, 0.1) is 12.8 Å². The quantitative estimate of drug-likeness (QED) is 0.626. The van der Waals surface area contributed by atoms with Crippen LogP contribution >= 0.6 is 0 Å². The van der Waals surface area contributed by atoms with Gasteiger partial charge in [-0.25, -0.2) is 0 Å². The molecule has 0 amide bonds. The number of hydrogen-bond donors (Lipinski definition) is 2. The van der Waals surface area contributed by atoms with Crippen LogP contribution in [0.4, 0.5) is 5.69 Å². The maximum absolute atomic E-state index is 6.23. The van der Waals surface area contributed by atoms with E-state index in [9.17, 15) is 0 Å². The van der Waals surface area contributed by atoms with Crippen molar-refractivity contribution in [3.63, 3.8) is 0 Å². The van der Waals surface area contributed by atoms with Gasteiger partial charge < -0.3 is 20.1 Å². The topological polar surface area (TPSA) is 55.4 Å². The van der Waals surface area contributed by atoms with Crippen LogP contribution in [0.1, 0.15) is 12.8 Å². The monoisotopic (exact) mass is 375 g/mol. The van der Waals surface area contributed by atoms with Crippen molar-refractivity contribution in [1.82, 2.24) is 10.3 Å². The predicted octanol–water partition coefficient (Wildman–Crippen LogP) is 4.71. The summed E-state index contributed by atoms with van der Waals surface area (Å²) in [4.78, 5) is 4.23. The van der Waals surface area contributed by atoms with E-state index in [0.717, 1.165) is 47.2 Å². The Balaban J connectivity index is 1.59. The largest absolute Gasteiger partial charge is 0.497 e. The van der Waals surface area contributed by atoms with E-state index in [1.807, 2.05) is 36.5 Å². The van der Waals surface area contributed by atoms with Crippen molar-refractivity contribution in [3.8, 4) is 28.4 Å². The van der Waals surface area contributed by atoms with Gasteiger partial charge in [0, 0.05) is 30.5 Å². The summed E-state index contributed by atoms with van der Waals surface area (Å²) < 4.78 is 11.5. The molecule has 144 valence electrons. The van der Waals surface area contributed by atoms with Gasteiger partial charge in [0.1, 0.15) is 11.5 Å². The van der Waals surface area contributed by atoms with Crippen LogP contribution in [0.3, 0.4) is 0 Å². The number of anilines is 1. The summed E-state index contributed by atoms with van der Waals surface area (Å²) in [5, 5.41) is 7.07. The van der Waals surface area contributed by atoms with Gasteiger partial charge in [0.25, 0.3) is 0 Å². The van der Waals surface area contributed by atoms with Crippen molar-refractivity contribution >= 4 is 5.69 Å². The van der Waals surface area contributed by atoms with Crippen LogP contribution < -0.4 is 20.1 Å². The number of hydrogen-bond acceptors (Lipinski definition) is 5. The third-order valence-corrected chi connectivity index (χ3v) is 4.97. The van der Waals surface area contributed by atoms with Crippen molar-refractivity contribution in [2.45, 2.75) is 18.9 Å². The zero-order valence-electron chi connectivity index (χ0n) is 16.0. The Morgan fingerprint density at radius 2 is 1.93 bits per heavy atom. The van der Waals surface area contributed by atoms with E-state index in [-0.39, 0.29) is 0 Å². The molecule has 1 saturated heterocycles. The third kappa shape index (κ3) is 4.43. The number of pyridine rings is 1. The first-order chi connectivity index (χ1) is 13.8. The fourth-order valence-corrected chi connectivity index (χ4v) is 3.40. The number of nitrogens with one attached hydrogen (secondary N) is 2. The van der Waals surface area contributed by atoms with Crippen LogP contribution in [-0.2, 0) is 0 Å². The number of aromatic nitrogens is 1. The second-order valence-electron chi connectivity index (χ2n) is 6.90. The van der Waals surface area contributed by atoms with Gasteiger partial charge in [0.15, 0.2) is 5.75 Å². The summed E-state index contributed by atoms with van der Waals surface area (Å²) in [6.07, 6.45) is 6.09. The number of rotatable bonds is 7. The molecular formula is C23H25N3O2. The SMILES string of the molecule is COc1ccc(Oc2cc(-c3cccnc3)ccc2NCC2CCCN2)cc1. The molecule has 0 spiro atoms. The van der Waals surface area contributed by atoms with E-state index < -0.39 is 0 Å². The molecular weight excluding hydrogens is 350 g/mol. The van der Waals surface area contributed by atoms with Gasteiger partial charge in [-0.05, 0) is 67.4 Å². The molecule has 0 saturated carbocycles. The Bertz CT molecular complexity index is 891. The molecule has 2 aromatic carbocycles. The van der Waals surface area contributed by atoms with Crippen molar-refractivity contribution in [1.29, 1.82) is 0 Å². The zero-order chi connectivity index (χ0) is 19.2. The van der Waals surface area contributed by atoms with Crippen molar-refractivity contribution < 1.29 is 9.47 Å². The smallest absolute Gasteiger partial charge is 0.151 e. The van der Waals surface area contributed by atoms with E-state index >= 15 is 0 Å². The van der Waals surface area contributed by atoms with Crippen LogP contribution in [0.25, 0.3) is 11.1 Å². The average molecular weight is 375 g/mol. The molecule has 1 atom stereocenters. The van der Waals surface area contributed by atoms with Crippen LogP contribution in [0, 0.1) is 0 Å². The van der Waals surface area contributed by atoms with Crippen LogP contribution in [0.2, 0.25) is 0 Å². The van der Waals surface area contributed by atoms with Crippen molar-refractivity contribution in [3.05, 3.63) is 67.0 Å². The first-order valence-corrected chi connectivity index (χ1v) is 9.65. The normalized spacial score (nSPS) is 16.0. The zero-order valence-corrected chi connectivity index (χ0v) is 16.0. The lowest BCUT2D eigenvalue weighted by Gasteiger charge is -2.17. The number of methoxy groups -OCH3 is 1. The summed E-state index contributed by atoms with van der Waals surface area (Å²) in [7, 11) is 1.66. The molecule has 0 aliphatic carbocycles. The Labute approximate surface area is 165 Å². The minimum atomic E-state index is 0.506. The minimum absolute atomic E-state index is 0.506. The summed E-state index contributed by atoms with van der Waals surface area (Å²) in [6, 6.07) is 18.4. The summed E-state index contributed by atoms with van der Waals surface area (Å²) >= 11 is 0. The molecule has 1 aromatic heterocycles. The van der Waals surface area contributed by atoms with Crippen LogP contribution in [-0.4, -0.2) is 31.2 Å². The summed E-state index contributed by atoms with van der Waals surface area (Å²) in [6.45, 7) is 1.98. The van der Waals surface area contributed by atoms with Crippen molar-refractivity contribution in [2.24, 2.45) is 0 Å². The minimum Gasteiger partial charge on any atom is -0.497 e. The Morgan fingerprint density at radius 1 is 1.07 bits per heavy atom. The summed E-state index contributed by atoms with van der Waals surface area (Å²) in [5.41, 5.74) is 3.12. The average Bonchev–Trinajstić information content (AvgIpc) is 3.28. The highest BCUT2D eigenvalue weighted by atomic mass is 16.5. The fourth-order valence-electron chi connectivity index (χ4n) is 3.40. The molecule has 5 heteroatoms. The lowest BCUT2D eigenvalue weighted by Crippen LogP contribution is -2.29. The van der Waals surface area contributed by atoms with Gasteiger partial charge in [-0.3, -0.25) is 4.98 Å². The highest BCUT2D eigenvalue weighted by molar-refractivity contribution is 5.71. The van der Waals surface area contributed by atoms with Crippen molar-refractivity contribution in [2.75, 3.05) is 25.5 Å². The molecule has 3 aromatic rings. The first kappa shape index (κ1) is 18.3. The standard InChI is InChI=1S/C23H25N3O2/c1-27-20-7-9-21(10-8-20)28-23-14-17(18-4-2-12-24-15-18)6-11-22(23)26-16-19-5-3-13-25-19/h2,4,6-12,14-15,19,25-26H,3,5,13,16H2,1H3. The van der Waals surface area contributed by atoms with E-state index in [1.54, 1.807) is 13.3 Å². The van der Waals surface area contributed by atoms with Gasteiger partial charge in [-0.2, -0.15) is 0 Å². The maximum Gasteiger partial charge on any atom is 0.151 e. The molecule has 28 heavy (non-hydrogen) atoms. The summed E-state index contributed by atoms with van der Waals surface area (Å²) in [5.74, 6) is 2.37. The second-order valence-corrected chi connectivity index (χ2v) is 6.90. The molecule has 1 unspecified atom stereocenters. The van der Waals surface area contributed by atoms with Gasteiger partial charge in [-0.1, -0.05) is 12.1 Å². The van der Waals surface area contributed by atoms with Crippen LogP contribution in [0.5, 0.6) is 17.2 Å². The number of benzene rings is 2. The molecule has 2 N–H and O–H groups in total.